The van der Waals surface area contributed by atoms with Gasteiger partial charge in [0, 0.05) is 11.8 Å². The standard InChI is InChI=1S/C23H21NO4/c1-4-16-12(2)9-15(10-20(16)25)17-7-8-24-21(13(17)3)18(14-5-6-14)11-19(22(24)26)23(27)28/h4,7-11,14,25H,1,5-6H2,2-3H3,(H,27,28). The monoisotopic (exact) mass is 375 g/mol. The zero-order valence-corrected chi connectivity index (χ0v) is 15.8. The molecule has 0 atom stereocenters. The van der Waals surface area contributed by atoms with Crippen LogP contribution in [0.1, 0.15) is 51.4 Å². The first-order valence-corrected chi connectivity index (χ1v) is 9.22. The average molecular weight is 375 g/mol. The van der Waals surface area contributed by atoms with E-state index in [0.29, 0.717) is 5.56 Å². The van der Waals surface area contributed by atoms with Crippen molar-refractivity contribution in [1.29, 1.82) is 0 Å². The summed E-state index contributed by atoms with van der Waals surface area (Å²) in [6.45, 7) is 7.58. The Kier molecular flexibility index (Phi) is 4.11. The van der Waals surface area contributed by atoms with Gasteiger partial charge in [-0.3, -0.25) is 9.20 Å². The molecule has 2 heterocycles. The molecule has 1 aliphatic carbocycles. The smallest absolute Gasteiger partial charge is 0.341 e. The number of hydrogen-bond acceptors (Lipinski definition) is 3. The van der Waals surface area contributed by atoms with Crippen LogP contribution < -0.4 is 5.56 Å². The number of rotatable bonds is 4. The van der Waals surface area contributed by atoms with Gasteiger partial charge in [0.05, 0.1) is 5.52 Å². The van der Waals surface area contributed by atoms with Gasteiger partial charge in [0.1, 0.15) is 11.3 Å². The predicted molar refractivity (Wildman–Crippen MR) is 109 cm³/mol. The number of pyridine rings is 2. The van der Waals surface area contributed by atoms with Gasteiger partial charge >= 0.3 is 5.97 Å². The third kappa shape index (κ3) is 2.71. The molecule has 0 bridgehead atoms. The van der Waals surface area contributed by atoms with Crippen molar-refractivity contribution in [3.63, 3.8) is 0 Å². The minimum atomic E-state index is -1.21. The van der Waals surface area contributed by atoms with Crippen molar-refractivity contribution in [2.75, 3.05) is 0 Å². The van der Waals surface area contributed by atoms with Gasteiger partial charge in [-0.15, -0.1) is 0 Å². The maximum absolute atomic E-state index is 12.7. The normalized spacial score (nSPS) is 13.6. The number of carboxylic acid groups (broad SMARTS) is 1. The molecule has 1 aromatic carbocycles. The molecule has 0 saturated heterocycles. The highest BCUT2D eigenvalue weighted by Gasteiger charge is 2.29. The third-order valence-corrected chi connectivity index (χ3v) is 5.54. The molecule has 0 spiro atoms. The molecule has 1 aliphatic rings. The van der Waals surface area contributed by atoms with Gasteiger partial charge in [-0.2, -0.15) is 0 Å². The lowest BCUT2D eigenvalue weighted by atomic mass is 9.94. The summed E-state index contributed by atoms with van der Waals surface area (Å²) in [6.07, 6.45) is 5.24. The molecule has 4 rings (SSSR count). The van der Waals surface area contributed by atoms with Gasteiger partial charge in [-0.05, 0) is 78.6 Å². The van der Waals surface area contributed by atoms with Gasteiger partial charge in [0.25, 0.3) is 5.56 Å². The number of fused-ring (bicyclic) bond motifs is 1. The summed E-state index contributed by atoms with van der Waals surface area (Å²) in [6, 6.07) is 7.02. The molecule has 2 aromatic heterocycles. The van der Waals surface area contributed by atoms with E-state index in [0.717, 1.165) is 46.2 Å². The minimum Gasteiger partial charge on any atom is -0.507 e. The highest BCUT2D eigenvalue weighted by atomic mass is 16.4. The molecule has 3 aromatic rings. The highest BCUT2D eigenvalue weighted by molar-refractivity contribution is 5.89. The molecule has 1 saturated carbocycles. The van der Waals surface area contributed by atoms with E-state index in [4.69, 9.17) is 0 Å². The Hall–Kier alpha value is -3.34. The van der Waals surface area contributed by atoms with Gasteiger partial charge in [-0.1, -0.05) is 18.7 Å². The molecular formula is C23H21NO4. The lowest BCUT2D eigenvalue weighted by Crippen LogP contribution is -2.23. The van der Waals surface area contributed by atoms with Crippen molar-refractivity contribution in [3.05, 3.63) is 75.2 Å². The number of aryl methyl sites for hydroxylation is 2. The summed E-state index contributed by atoms with van der Waals surface area (Å²) in [5.41, 5.74) is 5.19. The number of nitrogens with zero attached hydrogens (tertiary/aromatic N) is 1. The van der Waals surface area contributed by atoms with E-state index in [1.165, 1.54) is 10.5 Å². The van der Waals surface area contributed by atoms with Crippen LogP contribution in [0, 0.1) is 13.8 Å². The van der Waals surface area contributed by atoms with Crippen molar-refractivity contribution in [1.82, 2.24) is 4.40 Å². The van der Waals surface area contributed by atoms with Crippen molar-refractivity contribution in [3.8, 4) is 16.9 Å². The summed E-state index contributed by atoms with van der Waals surface area (Å²) in [4.78, 5) is 24.2. The first-order chi connectivity index (χ1) is 13.3. The highest BCUT2D eigenvalue weighted by Crippen LogP contribution is 2.43. The number of aromatic carboxylic acids is 1. The summed E-state index contributed by atoms with van der Waals surface area (Å²) < 4.78 is 1.45. The molecule has 0 unspecified atom stereocenters. The summed E-state index contributed by atoms with van der Waals surface area (Å²) in [7, 11) is 0. The van der Waals surface area contributed by atoms with Gasteiger partial charge in [0.2, 0.25) is 0 Å². The van der Waals surface area contributed by atoms with Crippen LogP contribution in [-0.4, -0.2) is 20.6 Å². The van der Waals surface area contributed by atoms with Crippen LogP contribution in [0.25, 0.3) is 22.7 Å². The van der Waals surface area contributed by atoms with Gasteiger partial charge in [0.15, 0.2) is 0 Å². The Morgan fingerprint density at radius 2 is 1.96 bits per heavy atom. The Morgan fingerprint density at radius 1 is 1.25 bits per heavy atom. The van der Waals surface area contributed by atoms with E-state index < -0.39 is 11.5 Å². The fourth-order valence-corrected chi connectivity index (χ4v) is 3.97. The maximum Gasteiger partial charge on any atom is 0.341 e. The first kappa shape index (κ1) is 18.0. The summed E-state index contributed by atoms with van der Waals surface area (Å²) in [5.74, 6) is -0.769. The number of aromatic hydroxyl groups is 1. The molecule has 28 heavy (non-hydrogen) atoms. The summed E-state index contributed by atoms with van der Waals surface area (Å²) >= 11 is 0. The second kappa shape index (κ2) is 6.37. The number of carbonyl (C=O) groups is 1. The Morgan fingerprint density at radius 3 is 2.54 bits per heavy atom. The van der Waals surface area contributed by atoms with Crippen LogP contribution in [0.2, 0.25) is 0 Å². The second-order valence-corrected chi connectivity index (χ2v) is 7.40. The Bertz CT molecular complexity index is 1190. The minimum absolute atomic E-state index is 0.158. The molecular weight excluding hydrogens is 354 g/mol. The van der Waals surface area contributed by atoms with Crippen LogP contribution >= 0.6 is 0 Å². The topological polar surface area (TPSA) is 79.0 Å². The molecule has 1 fully saturated rings. The number of carboxylic acids is 1. The fraction of sp³-hybridized carbons (Fsp3) is 0.217. The number of aromatic nitrogens is 1. The Labute approximate surface area is 162 Å². The largest absolute Gasteiger partial charge is 0.507 e. The van der Waals surface area contributed by atoms with E-state index in [2.05, 4.69) is 6.58 Å². The molecule has 5 heteroatoms. The molecule has 2 N–H and O–H groups in total. The van der Waals surface area contributed by atoms with Crippen molar-refractivity contribution in [2.45, 2.75) is 32.6 Å². The first-order valence-electron chi connectivity index (χ1n) is 9.22. The van der Waals surface area contributed by atoms with Crippen molar-refractivity contribution >= 4 is 17.6 Å². The van der Waals surface area contributed by atoms with Crippen molar-refractivity contribution in [2.24, 2.45) is 0 Å². The van der Waals surface area contributed by atoms with E-state index in [1.54, 1.807) is 24.4 Å². The zero-order valence-electron chi connectivity index (χ0n) is 15.8. The quantitative estimate of drug-likeness (QED) is 0.703. The lowest BCUT2D eigenvalue weighted by molar-refractivity contribution is 0.0694. The third-order valence-electron chi connectivity index (χ3n) is 5.54. The zero-order chi connectivity index (χ0) is 20.2. The number of hydrogen-bond donors (Lipinski definition) is 2. The van der Waals surface area contributed by atoms with Crippen LogP contribution in [0.5, 0.6) is 5.75 Å². The molecule has 0 amide bonds. The lowest BCUT2D eigenvalue weighted by Gasteiger charge is -2.16. The van der Waals surface area contributed by atoms with Gasteiger partial charge in [-0.25, -0.2) is 4.79 Å². The van der Waals surface area contributed by atoms with E-state index >= 15 is 0 Å². The number of benzene rings is 1. The Balaban J connectivity index is 2.04. The maximum atomic E-state index is 12.7. The molecule has 5 nitrogen and oxygen atoms in total. The van der Waals surface area contributed by atoms with Crippen LogP contribution in [0.4, 0.5) is 0 Å². The molecule has 142 valence electrons. The van der Waals surface area contributed by atoms with Gasteiger partial charge < -0.3 is 10.2 Å². The van der Waals surface area contributed by atoms with Crippen LogP contribution in [0.15, 0.2) is 41.8 Å². The van der Waals surface area contributed by atoms with E-state index in [-0.39, 0.29) is 17.2 Å². The van der Waals surface area contributed by atoms with E-state index in [9.17, 15) is 19.8 Å². The van der Waals surface area contributed by atoms with Crippen molar-refractivity contribution < 1.29 is 15.0 Å². The fourth-order valence-electron chi connectivity index (χ4n) is 3.97. The summed E-state index contributed by atoms with van der Waals surface area (Å²) in [5, 5.41) is 19.8. The number of phenolic OH excluding ortho intramolecular Hbond substituents is 1. The predicted octanol–water partition coefficient (Wildman–Crippen LogP) is 4.51. The van der Waals surface area contributed by atoms with E-state index in [1.807, 2.05) is 19.9 Å². The second-order valence-electron chi connectivity index (χ2n) is 7.40. The van der Waals surface area contributed by atoms with Crippen LogP contribution in [-0.2, 0) is 0 Å². The van der Waals surface area contributed by atoms with Crippen LogP contribution in [0.3, 0.4) is 0 Å². The SMILES string of the molecule is C=Cc1c(C)cc(-c2ccn3c(=O)c(C(=O)O)cc(C4CC4)c3c2C)cc1O. The molecule has 0 aliphatic heterocycles. The molecule has 0 radical (unpaired) electrons. The number of phenols is 1. The average Bonchev–Trinajstić information content (AvgIpc) is 3.47.